The van der Waals surface area contributed by atoms with Gasteiger partial charge in [-0.3, -0.25) is 4.79 Å². The molecule has 0 aromatic carbocycles. The average Bonchev–Trinajstić information content (AvgIpc) is 3.15. The van der Waals surface area contributed by atoms with Crippen molar-refractivity contribution in [2.75, 3.05) is 6.61 Å². The van der Waals surface area contributed by atoms with E-state index in [-0.39, 0.29) is 12.5 Å². The number of unbranched alkanes of at least 4 members (excludes halogenated alkanes) is 29. The maximum absolute atomic E-state index is 12.4. The molecule has 0 aliphatic carbocycles. The number of aliphatic hydroxyl groups excluding tert-OH is 2. The van der Waals surface area contributed by atoms with Gasteiger partial charge in [0, 0.05) is 6.42 Å². The van der Waals surface area contributed by atoms with Crippen molar-refractivity contribution >= 4 is 5.91 Å². The molecule has 0 rings (SSSR count). The van der Waals surface area contributed by atoms with E-state index in [1.54, 1.807) is 6.08 Å². The summed E-state index contributed by atoms with van der Waals surface area (Å²) in [6.45, 7) is 4.27. The number of amides is 1. The summed E-state index contributed by atoms with van der Waals surface area (Å²) >= 11 is 0. The molecule has 0 fully saturated rings. The fourth-order valence-electron chi connectivity index (χ4n) is 6.77. The van der Waals surface area contributed by atoms with E-state index >= 15 is 0 Å². The van der Waals surface area contributed by atoms with Gasteiger partial charge in [-0.15, -0.1) is 0 Å². The van der Waals surface area contributed by atoms with Crippen molar-refractivity contribution in [1.82, 2.24) is 5.32 Å². The number of rotatable bonds is 41. The average molecular weight is 728 g/mol. The van der Waals surface area contributed by atoms with Crippen LogP contribution in [0.5, 0.6) is 0 Å². The zero-order chi connectivity index (χ0) is 37.8. The Morgan fingerprint density at radius 2 is 0.808 bits per heavy atom. The van der Waals surface area contributed by atoms with Crippen molar-refractivity contribution in [2.45, 2.75) is 244 Å². The Kier molecular flexibility index (Phi) is 42.4. The molecule has 0 aromatic rings. The highest BCUT2D eigenvalue weighted by molar-refractivity contribution is 5.76. The molecule has 0 aliphatic heterocycles. The molecule has 0 aromatic heterocycles. The summed E-state index contributed by atoms with van der Waals surface area (Å²) in [5, 5.41) is 23.0. The number of hydrogen-bond acceptors (Lipinski definition) is 3. The van der Waals surface area contributed by atoms with Gasteiger partial charge in [-0.25, -0.2) is 0 Å². The summed E-state index contributed by atoms with van der Waals surface area (Å²) in [5.74, 6) is -0.0860. The van der Waals surface area contributed by atoms with Crippen LogP contribution in [0.15, 0.2) is 48.6 Å². The molecule has 4 nitrogen and oxygen atoms in total. The van der Waals surface area contributed by atoms with Gasteiger partial charge in [0.2, 0.25) is 5.91 Å². The standard InChI is InChI=1S/C48H89NO3/c1-3-5-7-9-11-13-15-17-19-20-21-22-23-24-25-26-27-28-30-31-33-35-37-39-41-43-47(51)46(45-50)49-48(52)44-42-40-38-36-34-32-29-18-16-14-12-10-8-6-4-2/h12,14,16,18,33,35,41,43,46-47,50-51H,3-11,13,15,17,19-32,34,36-40,42,44-45H2,1-2H3,(H,49,52)/b14-12-,18-16-,35-33+,43-41+. The van der Waals surface area contributed by atoms with Gasteiger partial charge in [0.1, 0.15) is 0 Å². The summed E-state index contributed by atoms with van der Waals surface area (Å²) in [7, 11) is 0. The highest BCUT2D eigenvalue weighted by atomic mass is 16.3. The first-order valence-corrected chi connectivity index (χ1v) is 22.9. The molecule has 4 heteroatoms. The van der Waals surface area contributed by atoms with E-state index in [1.165, 1.54) is 167 Å². The Morgan fingerprint density at radius 3 is 1.27 bits per heavy atom. The van der Waals surface area contributed by atoms with Crippen molar-refractivity contribution in [3.8, 4) is 0 Å². The normalized spacial score (nSPS) is 13.4. The molecule has 0 spiro atoms. The van der Waals surface area contributed by atoms with Crippen LogP contribution in [0.1, 0.15) is 232 Å². The van der Waals surface area contributed by atoms with Crippen LogP contribution in [0.25, 0.3) is 0 Å². The second-order valence-corrected chi connectivity index (χ2v) is 15.5. The molecule has 0 saturated carbocycles. The molecular weight excluding hydrogens is 639 g/mol. The van der Waals surface area contributed by atoms with E-state index in [2.05, 4.69) is 55.6 Å². The van der Waals surface area contributed by atoms with E-state index in [1.807, 2.05) is 6.08 Å². The van der Waals surface area contributed by atoms with Crippen molar-refractivity contribution in [3.05, 3.63) is 48.6 Å². The van der Waals surface area contributed by atoms with Gasteiger partial charge in [0.15, 0.2) is 0 Å². The summed E-state index contributed by atoms with van der Waals surface area (Å²) in [5.41, 5.74) is 0. The molecule has 0 radical (unpaired) electrons. The van der Waals surface area contributed by atoms with Crippen molar-refractivity contribution in [1.29, 1.82) is 0 Å². The Morgan fingerprint density at radius 1 is 0.462 bits per heavy atom. The molecule has 0 aliphatic rings. The third-order valence-corrected chi connectivity index (χ3v) is 10.3. The molecule has 0 bridgehead atoms. The molecule has 1 amide bonds. The fourth-order valence-corrected chi connectivity index (χ4v) is 6.77. The van der Waals surface area contributed by atoms with Gasteiger partial charge in [-0.05, 0) is 57.8 Å². The molecule has 304 valence electrons. The molecule has 52 heavy (non-hydrogen) atoms. The lowest BCUT2D eigenvalue weighted by atomic mass is 10.0. The topological polar surface area (TPSA) is 69.6 Å². The number of aliphatic hydroxyl groups is 2. The highest BCUT2D eigenvalue weighted by Gasteiger charge is 2.17. The second-order valence-electron chi connectivity index (χ2n) is 15.5. The van der Waals surface area contributed by atoms with Gasteiger partial charge >= 0.3 is 0 Å². The Bertz CT molecular complexity index is 831. The lowest BCUT2D eigenvalue weighted by Crippen LogP contribution is -2.45. The largest absolute Gasteiger partial charge is 0.394 e. The van der Waals surface area contributed by atoms with Gasteiger partial charge in [-0.2, -0.15) is 0 Å². The van der Waals surface area contributed by atoms with Crippen LogP contribution >= 0.6 is 0 Å². The van der Waals surface area contributed by atoms with Crippen molar-refractivity contribution < 1.29 is 15.0 Å². The molecule has 2 atom stereocenters. The quantitative estimate of drug-likeness (QED) is 0.0334. The Hall–Kier alpha value is -1.65. The van der Waals surface area contributed by atoms with Gasteiger partial charge < -0.3 is 15.5 Å². The third-order valence-electron chi connectivity index (χ3n) is 10.3. The molecule has 2 unspecified atom stereocenters. The van der Waals surface area contributed by atoms with Crippen LogP contribution < -0.4 is 5.32 Å². The SMILES string of the molecule is CCCCC/C=C\C=C/CCCCCCCCC(=O)NC(CO)C(O)/C=C/CC/C=C/CCCCCCCCCCCCCCCCCCCCC. The highest BCUT2D eigenvalue weighted by Crippen LogP contribution is 2.15. The second kappa shape index (κ2) is 43.8. The van der Waals surface area contributed by atoms with E-state index in [9.17, 15) is 15.0 Å². The van der Waals surface area contributed by atoms with E-state index in [0.29, 0.717) is 6.42 Å². The number of nitrogens with one attached hydrogen (secondary N) is 1. The lowest BCUT2D eigenvalue weighted by molar-refractivity contribution is -0.123. The number of carbonyl (C=O) groups excluding carboxylic acids is 1. The van der Waals surface area contributed by atoms with Crippen LogP contribution in [0.3, 0.4) is 0 Å². The lowest BCUT2D eigenvalue weighted by Gasteiger charge is -2.19. The van der Waals surface area contributed by atoms with Gasteiger partial charge in [0.05, 0.1) is 18.8 Å². The zero-order valence-corrected chi connectivity index (χ0v) is 34.8. The molecular formula is C48H89NO3. The predicted octanol–water partition coefficient (Wildman–Crippen LogP) is 14.4. The van der Waals surface area contributed by atoms with Crippen LogP contribution in [0, 0.1) is 0 Å². The van der Waals surface area contributed by atoms with Crippen molar-refractivity contribution in [3.63, 3.8) is 0 Å². The number of allylic oxidation sites excluding steroid dienone is 7. The minimum Gasteiger partial charge on any atom is -0.394 e. The minimum atomic E-state index is -0.868. The monoisotopic (exact) mass is 728 g/mol. The summed E-state index contributed by atoms with van der Waals surface area (Å²) in [6.07, 6.45) is 59.4. The van der Waals surface area contributed by atoms with Crippen LogP contribution in [-0.4, -0.2) is 34.9 Å². The first-order chi connectivity index (χ1) is 25.7. The summed E-state index contributed by atoms with van der Waals surface area (Å²) in [4.78, 5) is 12.4. The molecule has 0 heterocycles. The predicted molar refractivity (Wildman–Crippen MR) is 230 cm³/mol. The first-order valence-electron chi connectivity index (χ1n) is 22.9. The number of carbonyl (C=O) groups is 1. The maximum atomic E-state index is 12.4. The first kappa shape index (κ1) is 50.4. The summed E-state index contributed by atoms with van der Waals surface area (Å²) in [6, 6.07) is -0.645. The smallest absolute Gasteiger partial charge is 0.220 e. The minimum absolute atomic E-state index is 0.0860. The number of hydrogen-bond donors (Lipinski definition) is 3. The van der Waals surface area contributed by atoms with Gasteiger partial charge in [0.25, 0.3) is 0 Å². The van der Waals surface area contributed by atoms with Crippen LogP contribution in [0.4, 0.5) is 0 Å². The van der Waals surface area contributed by atoms with E-state index in [4.69, 9.17) is 0 Å². The van der Waals surface area contributed by atoms with Gasteiger partial charge in [-0.1, -0.05) is 217 Å². The van der Waals surface area contributed by atoms with Crippen molar-refractivity contribution in [2.24, 2.45) is 0 Å². The Balaban J connectivity index is 3.59. The molecule has 3 N–H and O–H groups in total. The van der Waals surface area contributed by atoms with E-state index < -0.39 is 12.1 Å². The van der Waals surface area contributed by atoms with Crippen LogP contribution in [0.2, 0.25) is 0 Å². The third kappa shape index (κ3) is 39.6. The molecule has 0 saturated heterocycles. The zero-order valence-electron chi connectivity index (χ0n) is 34.8. The Labute approximate surface area is 324 Å². The van der Waals surface area contributed by atoms with E-state index in [0.717, 1.165) is 44.9 Å². The maximum Gasteiger partial charge on any atom is 0.220 e. The summed E-state index contributed by atoms with van der Waals surface area (Å²) < 4.78 is 0. The van der Waals surface area contributed by atoms with Crippen LogP contribution in [-0.2, 0) is 4.79 Å². The fraction of sp³-hybridized carbons (Fsp3) is 0.812.